The van der Waals surface area contributed by atoms with Gasteiger partial charge in [0, 0.05) is 7.05 Å². The number of hydrogen-bond donors (Lipinski definition) is 1. The lowest BCUT2D eigenvalue weighted by Gasteiger charge is -2.02. The van der Waals surface area contributed by atoms with Gasteiger partial charge in [-0.2, -0.15) is 0 Å². The summed E-state index contributed by atoms with van der Waals surface area (Å²) in [5, 5.41) is 0. The van der Waals surface area contributed by atoms with Crippen LogP contribution in [-0.2, 0) is 7.05 Å². The maximum atomic E-state index is 11.6. The molecule has 0 amide bonds. The molecule has 0 fully saturated rings. The van der Waals surface area contributed by atoms with E-state index in [-0.39, 0.29) is 22.3 Å². The smallest absolute Gasteiger partial charge is 0.281 e. The molecule has 1 N–H and O–H groups in total. The molecule has 2 aromatic rings. The Morgan fingerprint density at radius 2 is 2.14 bits per heavy atom. The van der Waals surface area contributed by atoms with Crippen LogP contribution in [0.2, 0.25) is 0 Å². The van der Waals surface area contributed by atoms with Crippen LogP contribution in [0.25, 0.3) is 11.2 Å². The molecule has 2 aromatic heterocycles. The molecule has 0 spiro atoms. The van der Waals surface area contributed by atoms with Gasteiger partial charge in [0.1, 0.15) is 5.82 Å². The van der Waals surface area contributed by atoms with Crippen LogP contribution in [0, 0.1) is 6.92 Å². The average Bonchev–Trinajstić information content (AvgIpc) is 2.14. The van der Waals surface area contributed by atoms with Crippen molar-refractivity contribution >= 4 is 11.2 Å². The van der Waals surface area contributed by atoms with Crippen molar-refractivity contribution in [3.63, 3.8) is 0 Å². The number of aryl methyl sites for hydroxylation is 1. The summed E-state index contributed by atoms with van der Waals surface area (Å²) in [5.74, 6) is 0.533. The van der Waals surface area contributed by atoms with E-state index < -0.39 is 0 Å². The van der Waals surface area contributed by atoms with Crippen molar-refractivity contribution in [2.24, 2.45) is 7.05 Å². The molecule has 0 aromatic carbocycles. The Morgan fingerprint density at radius 1 is 1.43 bits per heavy atom. The Hall–Kier alpha value is -1.98. The highest BCUT2D eigenvalue weighted by atomic mass is 16.1. The van der Waals surface area contributed by atoms with E-state index in [0.717, 1.165) is 6.20 Å². The van der Waals surface area contributed by atoms with Crippen LogP contribution >= 0.6 is 0 Å². The summed E-state index contributed by atoms with van der Waals surface area (Å²) in [6.07, 6.45) is 1.07. The number of hydrogen-bond acceptors (Lipinski definition) is 4. The van der Waals surface area contributed by atoms with Crippen LogP contribution in [0.1, 0.15) is 5.82 Å². The van der Waals surface area contributed by atoms with Crippen LogP contribution in [0.5, 0.6) is 0 Å². The first kappa shape index (κ1) is 8.61. The van der Waals surface area contributed by atoms with Crippen molar-refractivity contribution in [1.82, 2.24) is 19.5 Å². The van der Waals surface area contributed by atoms with Crippen LogP contribution in [0.4, 0.5) is 0 Å². The molecular weight excluding hydrogens is 184 g/mol. The van der Waals surface area contributed by atoms with E-state index in [4.69, 9.17) is 0 Å². The number of H-pyrrole nitrogens is 1. The van der Waals surface area contributed by atoms with E-state index >= 15 is 0 Å². The summed E-state index contributed by atoms with van der Waals surface area (Å²) in [6, 6.07) is 0. The first-order chi connectivity index (χ1) is 6.59. The molecule has 0 bridgehead atoms. The predicted octanol–water partition coefficient (Wildman–Crippen LogP) is -0.675. The maximum Gasteiger partial charge on any atom is 0.281 e. The number of aromatic nitrogens is 4. The van der Waals surface area contributed by atoms with Gasteiger partial charge < -0.3 is 4.98 Å². The van der Waals surface area contributed by atoms with Crippen molar-refractivity contribution in [2.45, 2.75) is 6.92 Å². The van der Waals surface area contributed by atoms with E-state index in [1.165, 1.54) is 4.57 Å². The minimum atomic E-state index is -0.363. The van der Waals surface area contributed by atoms with Gasteiger partial charge in [0.15, 0.2) is 11.2 Å². The first-order valence-electron chi connectivity index (χ1n) is 4.02. The van der Waals surface area contributed by atoms with Crippen LogP contribution in [0.15, 0.2) is 15.8 Å². The SMILES string of the molecule is Cc1nc2[nH]c(=O)cnc2c(=O)n1C. The topological polar surface area (TPSA) is 80.6 Å². The molecule has 0 aliphatic rings. The lowest BCUT2D eigenvalue weighted by Crippen LogP contribution is -2.23. The average molecular weight is 192 g/mol. The van der Waals surface area contributed by atoms with Crippen LogP contribution in [-0.4, -0.2) is 19.5 Å². The fourth-order valence-electron chi connectivity index (χ4n) is 1.17. The number of rotatable bonds is 0. The number of fused-ring (bicyclic) bond motifs is 1. The molecule has 2 rings (SSSR count). The van der Waals surface area contributed by atoms with Gasteiger partial charge in [0.2, 0.25) is 0 Å². The minimum Gasteiger partial charge on any atom is -0.304 e. The maximum absolute atomic E-state index is 11.6. The molecule has 6 nitrogen and oxygen atoms in total. The quantitative estimate of drug-likeness (QED) is 0.600. The fraction of sp³-hybridized carbons (Fsp3) is 0.250. The van der Waals surface area contributed by atoms with Gasteiger partial charge in [-0.1, -0.05) is 0 Å². The molecule has 0 radical (unpaired) electrons. The molecule has 0 unspecified atom stereocenters. The molecule has 72 valence electrons. The predicted molar refractivity (Wildman–Crippen MR) is 50.1 cm³/mol. The second-order valence-electron chi connectivity index (χ2n) is 2.97. The zero-order valence-corrected chi connectivity index (χ0v) is 7.74. The lowest BCUT2D eigenvalue weighted by atomic mass is 10.4. The van der Waals surface area contributed by atoms with Crippen molar-refractivity contribution in [1.29, 1.82) is 0 Å². The Bertz CT molecular complexity index is 611. The highest BCUT2D eigenvalue weighted by Crippen LogP contribution is 1.97. The van der Waals surface area contributed by atoms with Crippen molar-refractivity contribution in [2.75, 3.05) is 0 Å². The summed E-state index contributed by atoms with van der Waals surface area (Å²) < 4.78 is 1.38. The summed E-state index contributed by atoms with van der Waals surface area (Å²) in [6.45, 7) is 1.69. The second kappa shape index (κ2) is 2.76. The van der Waals surface area contributed by atoms with Gasteiger partial charge in [-0.25, -0.2) is 9.97 Å². The van der Waals surface area contributed by atoms with Crippen LogP contribution in [0.3, 0.4) is 0 Å². The van der Waals surface area contributed by atoms with Gasteiger partial charge in [0.25, 0.3) is 11.1 Å². The summed E-state index contributed by atoms with van der Waals surface area (Å²) in [4.78, 5) is 32.8. The molecule has 0 saturated heterocycles. The zero-order chi connectivity index (χ0) is 10.3. The molecule has 0 saturated carbocycles. The van der Waals surface area contributed by atoms with E-state index in [0.29, 0.717) is 5.82 Å². The van der Waals surface area contributed by atoms with E-state index in [1.54, 1.807) is 14.0 Å². The largest absolute Gasteiger partial charge is 0.304 e. The Balaban J connectivity index is 3.06. The Labute approximate surface area is 78.3 Å². The Kier molecular flexibility index (Phi) is 1.70. The minimum absolute atomic E-state index is 0.178. The van der Waals surface area contributed by atoms with Crippen molar-refractivity contribution < 1.29 is 0 Å². The molecular formula is C8H8N4O2. The molecule has 14 heavy (non-hydrogen) atoms. The van der Waals surface area contributed by atoms with E-state index in [1.807, 2.05) is 0 Å². The van der Waals surface area contributed by atoms with Gasteiger partial charge in [-0.3, -0.25) is 14.2 Å². The summed E-state index contributed by atoms with van der Waals surface area (Å²) in [5.41, 5.74) is -0.211. The third-order valence-corrected chi connectivity index (χ3v) is 2.04. The highest BCUT2D eigenvalue weighted by molar-refractivity contribution is 5.67. The molecule has 6 heteroatoms. The zero-order valence-electron chi connectivity index (χ0n) is 7.74. The summed E-state index contributed by atoms with van der Waals surface area (Å²) in [7, 11) is 1.61. The number of nitrogens with one attached hydrogen (secondary N) is 1. The normalized spacial score (nSPS) is 10.7. The Morgan fingerprint density at radius 3 is 2.86 bits per heavy atom. The monoisotopic (exact) mass is 192 g/mol. The molecule has 0 aliphatic heterocycles. The summed E-state index contributed by atoms with van der Waals surface area (Å²) >= 11 is 0. The van der Waals surface area contributed by atoms with Gasteiger partial charge in [-0.05, 0) is 6.92 Å². The van der Waals surface area contributed by atoms with Crippen LogP contribution < -0.4 is 11.1 Å². The van der Waals surface area contributed by atoms with Crippen molar-refractivity contribution in [3.8, 4) is 0 Å². The number of aromatic amines is 1. The second-order valence-corrected chi connectivity index (χ2v) is 2.97. The molecule has 0 atom stereocenters. The molecule has 2 heterocycles. The number of nitrogens with zero attached hydrogens (tertiary/aromatic N) is 3. The highest BCUT2D eigenvalue weighted by Gasteiger charge is 2.06. The lowest BCUT2D eigenvalue weighted by molar-refractivity contribution is 0.784. The van der Waals surface area contributed by atoms with Gasteiger partial charge in [-0.15, -0.1) is 0 Å². The molecule has 0 aliphatic carbocycles. The first-order valence-corrected chi connectivity index (χ1v) is 4.02. The standard InChI is InChI=1S/C8H8N4O2/c1-4-10-7-6(8(14)12(4)2)9-3-5(13)11-7/h3H,1-2H3,(H,11,13). The fourth-order valence-corrected chi connectivity index (χ4v) is 1.17. The van der Waals surface area contributed by atoms with Gasteiger partial charge in [0.05, 0.1) is 6.20 Å². The van der Waals surface area contributed by atoms with Crippen molar-refractivity contribution in [3.05, 3.63) is 32.7 Å². The third kappa shape index (κ3) is 1.12. The third-order valence-electron chi connectivity index (χ3n) is 2.04. The van der Waals surface area contributed by atoms with E-state index in [2.05, 4.69) is 15.0 Å². The van der Waals surface area contributed by atoms with Gasteiger partial charge >= 0.3 is 0 Å². The van der Waals surface area contributed by atoms with E-state index in [9.17, 15) is 9.59 Å².